The maximum atomic E-state index is 3.81. The lowest BCUT2D eigenvalue weighted by Crippen LogP contribution is -2.20. The Morgan fingerprint density at radius 3 is 2.68 bits per heavy atom. The molecule has 1 N–H and O–H groups in total. The van der Waals surface area contributed by atoms with Gasteiger partial charge < -0.3 is 5.32 Å². The van der Waals surface area contributed by atoms with Gasteiger partial charge >= 0.3 is 0 Å². The molecule has 0 aromatic heterocycles. The Kier molecular flexibility index (Phi) is 5.17. The normalized spacial score (nSPS) is 12.5. The molecule has 19 heavy (non-hydrogen) atoms. The molecule has 0 aliphatic carbocycles. The van der Waals surface area contributed by atoms with Gasteiger partial charge in [0.1, 0.15) is 0 Å². The number of halogens is 1. The molecule has 1 unspecified atom stereocenters. The van der Waals surface area contributed by atoms with Gasteiger partial charge in [0.15, 0.2) is 0 Å². The topological polar surface area (TPSA) is 12.0 Å². The van der Waals surface area contributed by atoms with E-state index in [0.717, 1.165) is 23.9 Å². The van der Waals surface area contributed by atoms with Crippen molar-refractivity contribution in [3.8, 4) is 0 Å². The summed E-state index contributed by atoms with van der Waals surface area (Å²) >= 11 is 3.52. The van der Waals surface area contributed by atoms with E-state index >= 15 is 0 Å². The van der Waals surface area contributed by atoms with Crippen LogP contribution in [0.5, 0.6) is 0 Å². The molecule has 2 aromatic rings. The van der Waals surface area contributed by atoms with Gasteiger partial charge in [-0.3, -0.25) is 0 Å². The van der Waals surface area contributed by atoms with Crippen molar-refractivity contribution >= 4 is 26.7 Å². The second-order valence-electron chi connectivity index (χ2n) is 4.73. The molecule has 0 aliphatic heterocycles. The Labute approximate surface area is 123 Å². The lowest BCUT2D eigenvalue weighted by Gasteiger charge is -2.18. The van der Waals surface area contributed by atoms with Gasteiger partial charge in [-0.2, -0.15) is 0 Å². The molecule has 0 amide bonds. The molecule has 0 saturated heterocycles. The molecule has 1 atom stereocenters. The molecule has 0 aliphatic rings. The Morgan fingerprint density at radius 2 is 1.95 bits per heavy atom. The fraction of sp³-hybridized carbons (Fsp3) is 0.294. The van der Waals surface area contributed by atoms with Crippen molar-refractivity contribution in [1.82, 2.24) is 5.32 Å². The lowest BCUT2D eigenvalue weighted by atomic mass is 9.98. The quantitative estimate of drug-likeness (QED) is 0.720. The predicted molar refractivity (Wildman–Crippen MR) is 87.5 cm³/mol. The maximum absolute atomic E-state index is 3.81. The fourth-order valence-corrected chi connectivity index (χ4v) is 2.75. The summed E-state index contributed by atoms with van der Waals surface area (Å²) in [4.78, 5) is 0. The van der Waals surface area contributed by atoms with E-state index < -0.39 is 0 Å². The first kappa shape index (κ1) is 14.3. The van der Waals surface area contributed by atoms with Crippen LogP contribution >= 0.6 is 15.9 Å². The molecular weight excluding hydrogens is 298 g/mol. The highest BCUT2D eigenvalue weighted by molar-refractivity contribution is 9.10. The van der Waals surface area contributed by atoms with E-state index in [0.29, 0.717) is 6.04 Å². The van der Waals surface area contributed by atoms with Crippen LogP contribution in [-0.4, -0.2) is 6.54 Å². The van der Waals surface area contributed by atoms with Crippen LogP contribution in [0.2, 0.25) is 0 Å². The maximum Gasteiger partial charge on any atom is 0.0323 e. The Bertz CT molecular complexity index is 562. The summed E-state index contributed by atoms with van der Waals surface area (Å²) in [7, 11) is 0. The van der Waals surface area contributed by atoms with Crippen LogP contribution in [0.4, 0.5) is 0 Å². The zero-order chi connectivity index (χ0) is 13.7. The van der Waals surface area contributed by atoms with E-state index in [2.05, 4.69) is 71.1 Å². The van der Waals surface area contributed by atoms with E-state index in [9.17, 15) is 0 Å². The zero-order valence-corrected chi connectivity index (χ0v) is 12.9. The highest BCUT2D eigenvalue weighted by Crippen LogP contribution is 2.25. The molecule has 0 spiro atoms. The average molecular weight is 318 g/mol. The van der Waals surface area contributed by atoms with Gasteiger partial charge in [-0.25, -0.2) is 0 Å². The number of hydrogen-bond donors (Lipinski definition) is 1. The molecular formula is C17H20BrN. The summed E-state index contributed by atoms with van der Waals surface area (Å²) in [6, 6.07) is 13.6. The van der Waals surface area contributed by atoms with Gasteiger partial charge in [-0.15, -0.1) is 6.58 Å². The molecule has 0 saturated carbocycles. The van der Waals surface area contributed by atoms with Crippen molar-refractivity contribution in [2.75, 3.05) is 6.54 Å². The zero-order valence-electron chi connectivity index (χ0n) is 11.3. The molecule has 2 aromatic carbocycles. The van der Waals surface area contributed by atoms with Crippen LogP contribution in [0, 0.1) is 0 Å². The summed E-state index contributed by atoms with van der Waals surface area (Å²) in [5.41, 5.74) is 1.36. The number of rotatable bonds is 6. The van der Waals surface area contributed by atoms with E-state index in [1.165, 1.54) is 16.3 Å². The molecule has 1 nitrogen and oxygen atoms in total. The van der Waals surface area contributed by atoms with Crippen LogP contribution in [0.25, 0.3) is 10.8 Å². The first-order chi connectivity index (χ1) is 9.24. The number of nitrogens with one attached hydrogen (secondary N) is 1. The third kappa shape index (κ3) is 3.68. The summed E-state index contributed by atoms with van der Waals surface area (Å²) in [5, 5.41) is 6.12. The van der Waals surface area contributed by atoms with E-state index in [4.69, 9.17) is 0 Å². The minimum Gasteiger partial charge on any atom is -0.310 e. The van der Waals surface area contributed by atoms with Gasteiger partial charge in [-0.05, 0) is 53.9 Å². The standard InChI is InChI=1S/C17H20BrN/c1-3-5-6-17(19-4-2)15-8-7-14-12-16(18)10-9-13(14)11-15/h3,7-12,17,19H,1,4-6H2,2H3. The van der Waals surface area contributed by atoms with Gasteiger partial charge in [0.2, 0.25) is 0 Å². The van der Waals surface area contributed by atoms with Crippen molar-refractivity contribution in [1.29, 1.82) is 0 Å². The second-order valence-corrected chi connectivity index (χ2v) is 5.64. The number of allylic oxidation sites excluding steroid dienone is 1. The third-order valence-corrected chi connectivity index (χ3v) is 3.83. The molecule has 2 heteroatoms. The monoisotopic (exact) mass is 317 g/mol. The number of hydrogen-bond acceptors (Lipinski definition) is 1. The van der Waals surface area contributed by atoms with Crippen molar-refractivity contribution in [2.24, 2.45) is 0 Å². The van der Waals surface area contributed by atoms with Crippen molar-refractivity contribution in [3.05, 3.63) is 59.1 Å². The minimum atomic E-state index is 0.413. The van der Waals surface area contributed by atoms with Crippen LogP contribution in [-0.2, 0) is 0 Å². The summed E-state index contributed by atoms with van der Waals surface area (Å²) < 4.78 is 1.13. The van der Waals surface area contributed by atoms with Crippen LogP contribution in [0.3, 0.4) is 0 Å². The average Bonchev–Trinajstić information content (AvgIpc) is 2.43. The smallest absolute Gasteiger partial charge is 0.0323 e. The molecule has 0 bridgehead atoms. The van der Waals surface area contributed by atoms with E-state index in [1.54, 1.807) is 0 Å². The third-order valence-electron chi connectivity index (χ3n) is 3.34. The lowest BCUT2D eigenvalue weighted by molar-refractivity contribution is 0.520. The Balaban J connectivity index is 2.31. The second kappa shape index (κ2) is 6.88. The summed E-state index contributed by atoms with van der Waals surface area (Å²) in [6.07, 6.45) is 4.12. The van der Waals surface area contributed by atoms with Crippen LogP contribution < -0.4 is 5.32 Å². The molecule has 0 fully saturated rings. The predicted octanol–water partition coefficient (Wildman–Crippen LogP) is 5.22. The van der Waals surface area contributed by atoms with Crippen molar-refractivity contribution < 1.29 is 0 Å². The highest BCUT2D eigenvalue weighted by atomic mass is 79.9. The number of fused-ring (bicyclic) bond motifs is 1. The first-order valence-corrected chi connectivity index (χ1v) is 7.57. The first-order valence-electron chi connectivity index (χ1n) is 6.78. The SMILES string of the molecule is C=CCCC(NCC)c1ccc2cc(Br)ccc2c1. The Morgan fingerprint density at radius 1 is 1.21 bits per heavy atom. The molecule has 100 valence electrons. The van der Waals surface area contributed by atoms with Gasteiger partial charge in [0.05, 0.1) is 0 Å². The largest absolute Gasteiger partial charge is 0.310 e. The van der Waals surface area contributed by atoms with Gasteiger partial charge in [-0.1, -0.05) is 47.1 Å². The van der Waals surface area contributed by atoms with Crippen molar-refractivity contribution in [2.45, 2.75) is 25.8 Å². The highest BCUT2D eigenvalue weighted by Gasteiger charge is 2.09. The molecule has 2 rings (SSSR count). The molecule has 0 heterocycles. The van der Waals surface area contributed by atoms with E-state index in [-0.39, 0.29) is 0 Å². The van der Waals surface area contributed by atoms with Crippen LogP contribution in [0.1, 0.15) is 31.4 Å². The summed E-state index contributed by atoms with van der Waals surface area (Å²) in [5.74, 6) is 0. The van der Waals surface area contributed by atoms with Crippen LogP contribution in [0.15, 0.2) is 53.5 Å². The van der Waals surface area contributed by atoms with Gasteiger partial charge in [0.25, 0.3) is 0 Å². The Hall–Kier alpha value is -1.12. The van der Waals surface area contributed by atoms with Gasteiger partial charge in [0, 0.05) is 10.5 Å². The fourth-order valence-electron chi connectivity index (χ4n) is 2.37. The molecule has 0 radical (unpaired) electrons. The summed E-state index contributed by atoms with van der Waals surface area (Å²) in [6.45, 7) is 6.95. The van der Waals surface area contributed by atoms with E-state index in [1.807, 2.05) is 6.08 Å². The van der Waals surface area contributed by atoms with Crippen molar-refractivity contribution in [3.63, 3.8) is 0 Å². The number of benzene rings is 2. The minimum absolute atomic E-state index is 0.413.